The molecule has 2 aliphatic rings. The molecule has 0 atom stereocenters. The molecule has 0 saturated heterocycles. The molecule has 0 saturated carbocycles. The van der Waals surface area contributed by atoms with Crippen molar-refractivity contribution >= 4 is 67.7 Å². The van der Waals surface area contributed by atoms with Crippen LogP contribution in [-0.2, 0) is 5.41 Å². The Kier molecular flexibility index (Phi) is 5.08. The van der Waals surface area contributed by atoms with E-state index in [1.54, 1.807) is 0 Å². The topological polar surface area (TPSA) is 12.6 Å². The van der Waals surface area contributed by atoms with E-state index >= 15 is 0 Å². The zero-order valence-electron chi connectivity index (χ0n) is 26.2. The first-order valence-electron chi connectivity index (χ1n) is 16.3. The lowest BCUT2D eigenvalue weighted by Crippen LogP contribution is -2.60. The number of rotatable bonds is 2. The highest BCUT2D eigenvalue weighted by molar-refractivity contribution is 7.00. The van der Waals surface area contributed by atoms with Crippen LogP contribution in [0.4, 0.5) is 17.1 Å². The summed E-state index contributed by atoms with van der Waals surface area (Å²) in [5.74, 6) is 0. The second-order valence-corrected chi connectivity index (χ2v) is 13.8. The standard InChI is InChI=1S/C42H32BN3/c1-42(2,3)28-25-36-39-37(26-28)46-40-32(43(39)31-20-11-13-23-34(31)44(36)29-17-8-5-9-18-29)21-14-24-35(40)45-33-22-12-10-19-30(33)38(41(45)46)27-15-6-4-7-16-27/h4-26H,1-3H3. The van der Waals surface area contributed by atoms with Crippen LogP contribution in [0, 0.1) is 0 Å². The first-order chi connectivity index (χ1) is 22.5. The molecule has 2 aliphatic heterocycles. The van der Waals surface area contributed by atoms with Gasteiger partial charge in [-0.3, -0.25) is 8.97 Å². The second-order valence-electron chi connectivity index (χ2n) is 13.8. The minimum Gasteiger partial charge on any atom is -0.311 e. The Hall–Kier alpha value is -5.48. The fraction of sp³-hybridized carbons (Fsp3) is 0.0952. The summed E-state index contributed by atoms with van der Waals surface area (Å²) in [6.07, 6.45) is 0. The number of benzene rings is 6. The van der Waals surface area contributed by atoms with Crippen molar-refractivity contribution in [3.05, 3.63) is 145 Å². The lowest BCUT2D eigenvalue weighted by molar-refractivity contribution is 0.590. The number of fused-ring (bicyclic) bond motifs is 9. The lowest BCUT2D eigenvalue weighted by atomic mass is 9.33. The summed E-state index contributed by atoms with van der Waals surface area (Å²) >= 11 is 0. The molecule has 0 bridgehead atoms. The molecule has 4 heterocycles. The van der Waals surface area contributed by atoms with Crippen LogP contribution in [0.3, 0.4) is 0 Å². The molecular weight excluding hydrogens is 557 g/mol. The zero-order chi connectivity index (χ0) is 30.7. The summed E-state index contributed by atoms with van der Waals surface area (Å²) in [6, 6.07) is 51.7. The van der Waals surface area contributed by atoms with Crippen LogP contribution >= 0.6 is 0 Å². The summed E-state index contributed by atoms with van der Waals surface area (Å²) in [5, 5.41) is 1.28. The summed E-state index contributed by atoms with van der Waals surface area (Å²) in [7, 11) is 0. The van der Waals surface area contributed by atoms with Crippen molar-refractivity contribution in [2.45, 2.75) is 26.2 Å². The number of hydrogen-bond donors (Lipinski definition) is 0. The Morgan fingerprint density at radius 2 is 1.22 bits per heavy atom. The average molecular weight is 590 g/mol. The van der Waals surface area contributed by atoms with Gasteiger partial charge in [0.2, 0.25) is 0 Å². The largest absolute Gasteiger partial charge is 0.311 e. The van der Waals surface area contributed by atoms with Crippen molar-refractivity contribution in [3.63, 3.8) is 0 Å². The van der Waals surface area contributed by atoms with Crippen LogP contribution in [-0.4, -0.2) is 15.7 Å². The van der Waals surface area contributed by atoms with Gasteiger partial charge >= 0.3 is 0 Å². The minimum atomic E-state index is -0.0468. The van der Waals surface area contributed by atoms with Gasteiger partial charge in [0.1, 0.15) is 5.65 Å². The Bertz CT molecular complexity index is 2520. The molecular formula is C42H32BN3. The van der Waals surface area contributed by atoms with E-state index < -0.39 is 0 Å². The molecule has 2 aromatic heterocycles. The first kappa shape index (κ1) is 25.8. The van der Waals surface area contributed by atoms with Gasteiger partial charge < -0.3 is 4.90 Å². The molecule has 0 unspecified atom stereocenters. The van der Waals surface area contributed by atoms with Crippen LogP contribution in [0.1, 0.15) is 26.3 Å². The van der Waals surface area contributed by atoms with Gasteiger partial charge in [0, 0.05) is 33.7 Å². The lowest BCUT2D eigenvalue weighted by Gasteiger charge is -2.41. The van der Waals surface area contributed by atoms with Crippen molar-refractivity contribution in [3.8, 4) is 16.8 Å². The predicted molar refractivity (Wildman–Crippen MR) is 195 cm³/mol. The molecule has 3 nitrogen and oxygen atoms in total. The third-order valence-electron chi connectivity index (χ3n) is 10.2. The van der Waals surface area contributed by atoms with Crippen molar-refractivity contribution in [1.82, 2.24) is 8.97 Å². The molecule has 46 heavy (non-hydrogen) atoms. The first-order valence-corrected chi connectivity index (χ1v) is 16.3. The van der Waals surface area contributed by atoms with Crippen LogP contribution < -0.4 is 21.3 Å². The van der Waals surface area contributed by atoms with E-state index in [1.165, 1.54) is 83.4 Å². The summed E-state index contributed by atoms with van der Waals surface area (Å²) < 4.78 is 5.12. The number of para-hydroxylation sites is 4. The van der Waals surface area contributed by atoms with Crippen molar-refractivity contribution < 1.29 is 0 Å². The van der Waals surface area contributed by atoms with E-state index in [2.05, 4.69) is 174 Å². The Morgan fingerprint density at radius 1 is 0.565 bits per heavy atom. The number of aromatic nitrogens is 2. The molecule has 0 aliphatic carbocycles. The van der Waals surface area contributed by atoms with E-state index in [1.807, 2.05) is 0 Å². The molecule has 8 aromatic rings. The van der Waals surface area contributed by atoms with E-state index in [9.17, 15) is 0 Å². The Labute approximate surface area is 269 Å². The number of nitrogens with zero attached hydrogens (tertiary/aromatic N) is 3. The summed E-state index contributed by atoms with van der Waals surface area (Å²) in [5.41, 5.74) is 17.9. The maximum atomic E-state index is 2.61. The fourth-order valence-electron chi connectivity index (χ4n) is 8.24. The quantitative estimate of drug-likeness (QED) is 0.184. The molecule has 4 heteroatoms. The smallest absolute Gasteiger partial charge is 0.252 e. The van der Waals surface area contributed by atoms with Crippen LogP contribution in [0.2, 0.25) is 0 Å². The molecule has 10 rings (SSSR count). The van der Waals surface area contributed by atoms with Gasteiger partial charge in [-0.15, -0.1) is 0 Å². The molecule has 0 N–H and O–H groups in total. The third kappa shape index (κ3) is 3.28. The predicted octanol–water partition coefficient (Wildman–Crippen LogP) is 8.61. The SMILES string of the molecule is CC(C)(C)c1cc2c3c(c1)-n1c4c(cccc4n4c5ccccc5c(-c5ccccc5)c14)B3c1ccccc1N2c1ccccc1. The van der Waals surface area contributed by atoms with Gasteiger partial charge in [0.15, 0.2) is 0 Å². The van der Waals surface area contributed by atoms with Gasteiger partial charge in [0.05, 0.1) is 16.6 Å². The Balaban J connectivity index is 1.45. The van der Waals surface area contributed by atoms with E-state index in [-0.39, 0.29) is 12.1 Å². The number of anilines is 3. The fourth-order valence-corrected chi connectivity index (χ4v) is 8.24. The third-order valence-corrected chi connectivity index (χ3v) is 10.2. The molecule has 218 valence electrons. The minimum absolute atomic E-state index is 0.0468. The molecule has 0 spiro atoms. The van der Waals surface area contributed by atoms with Crippen LogP contribution in [0.5, 0.6) is 0 Å². The van der Waals surface area contributed by atoms with Gasteiger partial charge in [-0.05, 0) is 75.4 Å². The van der Waals surface area contributed by atoms with Crippen molar-refractivity contribution in [1.29, 1.82) is 0 Å². The maximum Gasteiger partial charge on any atom is 0.252 e. The van der Waals surface area contributed by atoms with E-state index in [0.29, 0.717) is 0 Å². The highest BCUT2D eigenvalue weighted by Gasteiger charge is 2.43. The molecule has 0 radical (unpaired) electrons. The van der Waals surface area contributed by atoms with E-state index in [0.717, 1.165) is 0 Å². The molecule has 0 amide bonds. The van der Waals surface area contributed by atoms with Crippen molar-refractivity contribution in [2.75, 3.05) is 4.90 Å². The normalized spacial score (nSPS) is 13.5. The number of hydrogen-bond acceptors (Lipinski definition) is 1. The second kappa shape index (κ2) is 9.05. The highest BCUT2D eigenvalue weighted by atomic mass is 15.2. The maximum absolute atomic E-state index is 2.61. The van der Waals surface area contributed by atoms with Crippen LogP contribution in [0.15, 0.2) is 140 Å². The van der Waals surface area contributed by atoms with Crippen molar-refractivity contribution in [2.24, 2.45) is 0 Å². The van der Waals surface area contributed by atoms with Gasteiger partial charge in [0.25, 0.3) is 6.71 Å². The monoisotopic (exact) mass is 589 g/mol. The summed E-state index contributed by atoms with van der Waals surface area (Å²) in [6.45, 7) is 7.13. The van der Waals surface area contributed by atoms with Crippen LogP contribution in [0.25, 0.3) is 44.4 Å². The summed E-state index contributed by atoms with van der Waals surface area (Å²) in [4.78, 5) is 2.50. The zero-order valence-corrected chi connectivity index (χ0v) is 26.2. The Morgan fingerprint density at radius 3 is 2.02 bits per heavy atom. The molecule has 0 fully saturated rings. The molecule has 6 aromatic carbocycles. The number of imidazole rings is 1. The highest BCUT2D eigenvalue weighted by Crippen LogP contribution is 2.45. The van der Waals surface area contributed by atoms with Gasteiger partial charge in [-0.2, -0.15) is 0 Å². The van der Waals surface area contributed by atoms with Gasteiger partial charge in [-0.1, -0.05) is 118 Å². The van der Waals surface area contributed by atoms with E-state index in [4.69, 9.17) is 0 Å². The van der Waals surface area contributed by atoms with Gasteiger partial charge in [-0.25, -0.2) is 0 Å². The average Bonchev–Trinajstić information content (AvgIpc) is 3.60.